The third kappa shape index (κ3) is 2.70. The van der Waals surface area contributed by atoms with Crippen molar-refractivity contribution in [2.24, 2.45) is 5.73 Å². The van der Waals surface area contributed by atoms with Gasteiger partial charge in [-0.3, -0.25) is 0 Å². The number of nitrogens with zero attached hydrogens (tertiary/aromatic N) is 2. The third-order valence-corrected chi connectivity index (χ3v) is 2.65. The van der Waals surface area contributed by atoms with E-state index in [0.717, 1.165) is 5.75 Å². The van der Waals surface area contributed by atoms with E-state index in [9.17, 15) is 0 Å². The smallest absolute Gasteiger partial charge is 0.293 e. The lowest BCUT2D eigenvalue weighted by Gasteiger charge is -2.01. The summed E-state index contributed by atoms with van der Waals surface area (Å²) >= 11 is 0. The molecule has 0 aliphatic heterocycles. The Morgan fingerprint density at radius 2 is 1.95 bits per heavy atom. The molecule has 2 heterocycles. The van der Waals surface area contributed by atoms with Crippen LogP contribution >= 0.6 is 0 Å². The van der Waals surface area contributed by atoms with Crippen molar-refractivity contribution in [3.8, 4) is 17.4 Å². The van der Waals surface area contributed by atoms with Gasteiger partial charge in [-0.2, -0.15) is 4.98 Å². The van der Waals surface area contributed by atoms with E-state index < -0.39 is 0 Å². The minimum Gasteiger partial charge on any atom is -0.485 e. The fraction of sp³-hybridized carbons (Fsp3) is 0.143. The van der Waals surface area contributed by atoms with Crippen LogP contribution in [0.2, 0.25) is 0 Å². The second-order valence-electron chi connectivity index (χ2n) is 4.09. The molecule has 0 aliphatic carbocycles. The molecule has 2 aromatic heterocycles. The van der Waals surface area contributed by atoms with Crippen LogP contribution in [-0.2, 0) is 13.2 Å². The number of rotatable bonds is 5. The fourth-order valence-electron chi connectivity index (χ4n) is 1.68. The normalized spacial score (nSPS) is 10.7. The number of benzene rings is 1. The molecule has 0 aliphatic rings. The molecule has 0 bridgehead atoms. The lowest BCUT2D eigenvalue weighted by Crippen LogP contribution is -1.97. The van der Waals surface area contributed by atoms with Gasteiger partial charge in [-0.25, -0.2) is 0 Å². The number of furan rings is 1. The Labute approximate surface area is 115 Å². The molecule has 20 heavy (non-hydrogen) atoms. The maximum Gasteiger partial charge on any atom is 0.293 e. The summed E-state index contributed by atoms with van der Waals surface area (Å²) in [6, 6.07) is 13.0. The lowest BCUT2D eigenvalue weighted by atomic mass is 10.3. The Kier molecular flexibility index (Phi) is 3.47. The van der Waals surface area contributed by atoms with Crippen molar-refractivity contribution in [3.05, 3.63) is 54.0 Å². The first-order valence-corrected chi connectivity index (χ1v) is 6.15. The van der Waals surface area contributed by atoms with Gasteiger partial charge in [-0.1, -0.05) is 23.4 Å². The van der Waals surface area contributed by atoms with E-state index in [4.69, 9.17) is 19.4 Å². The Hall–Kier alpha value is -2.60. The predicted molar refractivity (Wildman–Crippen MR) is 70.7 cm³/mol. The topological polar surface area (TPSA) is 87.3 Å². The van der Waals surface area contributed by atoms with Crippen LogP contribution in [0.25, 0.3) is 11.7 Å². The largest absolute Gasteiger partial charge is 0.485 e. The van der Waals surface area contributed by atoms with E-state index in [0.29, 0.717) is 29.8 Å². The second-order valence-corrected chi connectivity index (χ2v) is 4.09. The van der Waals surface area contributed by atoms with Crippen LogP contribution in [-0.4, -0.2) is 10.1 Å². The molecular weight excluding hydrogens is 258 g/mol. The SMILES string of the molecule is NCc1ccc(-c2nc(COc3ccccc3)no2)o1. The standard InChI is InChI=1S/C14H13N3O3/c15-8-11-6-7-12(19-11)14-16-13(17-20-14)9-18-10-4-2-1-3-5-10/h1-7H,8-9,15H2. The van der Waals surface area contributed by atoms with Crippen LogP contribution in [0.4, 0.5) is 0 Å². The molecule has 102 valence electrons. The number of para-hydroxylation sites is 1. The third-order valence-electron chi connectivity index (χ3n) is 2.65. The van der Waals surface area contributed by atoms with Crippen molar-refractivity contribution >= 4 is 0 Å². The molecule has 0 atom stereocenters. The van der Waals surface area contributed by atoms with Crippen LogP contribution in [0.15, 0.2) is 51.4 Å². The van der Waals surface area contributed by atoms with E-state index in [-0.39, 0.29) is 6.61 Å². The minimum atomic E-state index is 0.234. The van der Waals surface area contributed by atoms with E-state index in [2.05, 4.69) is 10.1 Å². The van der Waals surface area contributed by atoms with Gasteiger partial charge in [0.05, 0.1) is 6.54 Å². The monoisotopic (exact) mass is 271 g/mol. The summed E-state index contributed by atoms with van der Waals surface area (Å²) < 4.78 is 16.1. The molecular formula is C14H13N3O3. The summed E-state index contributed by atoms with van der Waals surface area (Å²) in [6.07, 6.45) is 0. The number of hydrogen-bond acceptors (Lipinski definition) is 6. The number of ether oxygens (including phenoxy) is 1. The number of nitrogens with two attached hydrogens (primary N) is 1. The van der Waals surface area contributed by atoms with E-state index in [1.165, 1.54) is 0 Å². The maximum atomic E-state index is 5.53. The molecule has 0 radical (unpaired) electrons. The van der Waals surface area contributed by atoms with Gasteiger partial charge in [0, 0.05) is 0 Å². The minimum absolute atomic E-state index is 0.234. The van der Waals surface area contributed by atoms with Crippen LogP contribution in [0.3, 0.4) is 0 Å². The molecule has 0 saturated carbocycles. The molecule has 6 heteroatoms. The van der Waals surface area contributed by atoms with Crippen LogP contribution in [0, 0.1) is 0 Å². The van der Waals surface area contributed by atoms with E-state index in [1.54, 1.807) is 12.1 Å². The molecule has 6 nitrogen and oxygen atoms in total. The highest BCUT2D eigenvalue weighted by Gasteiger charge is 2.13. The van der Waals surface area contributed by atoms with Crippen LogP contribution in [0.1, 0.15) is 11.6 Å². The zero-order valence-electron chi connectivity index (χ0n) is 10.7. The molecule has 0 fully saturated rings. The Morgan fingerprint density at radius 3 is 2.70 bits per heavy atom. The zero-order chi connectivity index (χ0) is 13.8. The summed E-state index contributed by atoms with van der Waals surface area (Å²) in [5.74, 6) is 2.69. The summed E-state index contributed by atoms with van der Waals surface area (Å²) in [5.41, 5.74) is 5.48. The molecule has 2 N–H and O–H groups in total. The second kappa shape index (κ2) is 5.58. The van der Waals surface area contributed by atoms with Crippen molar-refractivity contribution in [3.63, 3.8) is 0 Å². The first-order chi connectivity index (χ1) is 9.85. The van der Waals surface area contributed by atoms with Gasteiger partial charge >= 0.3 is 0 Å². The zero-order valence-corrected chi connectivity index (χ0v) is 10.7. The highest BCUT2D eigenvalue weighted by molar-refractivity contribution is 5.44. The summed E-state index contributed by atoms with van der Waals surface area (Å²) in [4.78, 5) is 4.21. The highest BCUT2D eigenvalue weighted by atomic mass is 16.5. The van der Waals surface area contributed by atoms with Crippen molar-refractivity contribution in [2.75, 3.05) is 0 Å². The quantitative estimate of drug-likeness (QED) is 0.766. The molecule has 0 amide bonds. The average molecular weight is 271 g/mol. The first-order valence-electron chi connectivity index (χ1n) is 6.15. The molecule has 0 unspecified atom stereocenters. The average Bonchev–Trinajstić information content (AvgIpc) is 3.15. The predicted octanol–water partition coefficient (Wildman–Crippen LogP) is 2.37. The van der Waals surface area contributed by atoms with Crippen molar-refractivity contribution in [1.82, 2.24) is 10.1 Å². The highest BCUT2D eigenvalue weighted by Crippen LogP contribution is 2.20. The van der Waals surface area contributed by atoms with Crippen molar-refractivity contribution in [2.45, 2.75) is 13.2 Å². The van der Waals surface area contributed by atoms with Gasteiger partial charge in [0.15, 0.2) is 12.4 Å². The Bertz CT molecular complexity index is 676. The van der Waals surface area contributed by atoms with Crippen LogP contribution < -0.4 is 10.5 Å². The number of aromatic nitrogens is 2. The van der Waals surface area contributed by atoms with E-state index >= 15 is 0 Å². The maximum absolute atomic E-state index is 5.53. The van der Waals surface area contributed by atoms with Crippen LogP contribution in [0.5, 0.6) is 5.75 Å². The molecule has 3 aromatic rings. The van der Waals surface area contributed by atoms with Gasteiger partial charge in [-0.15, -0.1) is 0 Å². The van der Waals surface area contributed by atoms with Crippen molar-refractivity contribution in [1.29, 1.82) is 0 Å². The molecule has 0 saturated heterocycles. The molecule has 3 rings (SSSR count). The van der Waals surface area contributed by atoms with E-state index in [1.807, 2.05) is 30.3 Å². The fourth-order valence-corrected chi connectivity index (χ4v) is 1.68. The lowest BCUT2D eigenvalue weighted by molar-refractivity contribution is 0.287. The van der Waals surface area contributed by atoms with Gasteiger partial charge < -0.3 is 19.4 Å². The summed E-state index contributed by atoms with van der Waals surface area (Å²) in [6.45, 7) is 0.566. The summed E-state index contributed by atoms with van der Waals surface area (Å²) in [7, 11) is 0. The Morgan fingerprint density at radius 1 is 1.10 bits per heavy atom. The molecule has 1 aromatic carbocycles. The first kappa shape index (κ1) is 12.4. The van der Waals surface area contributed by atoms with Gasteiger partial charge in [0.1, 0.15) is 11.5 Å². The van der Waals surface area contributed by atoms with Gasteiger partial charge in [-0.05, 0) is 24.3 Å². The Balaban J connectivity index is 1.67. The van der Waals surface area contributed by atoms with Gasteiger partial charge in [0.2, 0.25) is 5.82 Å². The molecule has 0 spiro atoms. The number of hydrogen-bond donors (Lipinski definition) is 1. The van der Waals surface area contributed by atoms with Crippen molar-refractivity contribution < 1.29 is 13.7 Å². The van der Waals surface area contributed by atoms with Gasteiger partial charge in [0.25, 0.3) is 5.89 Å². The summed E-state index contributed by atoms with van der Waals surface area (Å²) in [5, 5.41) is 3.84.